The maximum Gasteiger partial charge on any atom is 0.224 e. The third-order valence-corrected chi connectivity index (χ3v) is 3.61. The minimum Gasteiger partial charge on any atom is -0.492 e. The van der Waals surface area contributed by atoms with Crippen molar-refractivity contribution >= 4 is 46.4 Å². The Morgan fingerprint density at radius 2 is 1.68 bits per heavy atom. The third kappa shape index (κ3) is 5.41. The summed E-state index contributed by atoms with van der Waals surface area (Å²) in [5.74, 6) is 0.484. The molecule has 1 N–H and O–H groups in total. The topological polar surface area (TPSA) is 38.3 Å². The van der Waals surface area contributed by atoms with Crippen molar-refractivity contribution in [2.75, 3.05) is 11.9 Å². The zero-order valence-corrected chi connectivity index (χ0v) is 13.9. The average molecular weight is 359 g/mol. The SMILES string of the molecule is O=C(CCCOc1ccc(Cl)cc1Cl)Nc1ccc(Cl)cc1. The molecule has 0 heterocycles. The van der Waals surface area contributed by atoms with Crippen LogP contribution in [-0.2, 0) is 4.79 Å². The summed E-state index contributed by atoms with van der Waals surface area (Å²) in [6, 6.07) is 12.0. The molecule has 0 saturated heterocycles. The van der Waals surface area contributed by atoms with Gasteiger partial charge in [-0.05, 0) is 48.9 Å². The Bertz CT molecular complexity index is 644. The Balaban J connectivity index is 1.72. The second-order valence-corrected chi connectivity index (χ2v) is 5.86. The number of carbonyl (C=O) groups excluding carboxylic acids is 1. The first-order valence-corrected chi connectivity index (χ1v) is 7.81. The lowest BCUT2D eigenvalue weighted by atomic mass is 10.2. The number of anilines is 1. The van der Waals surface area contributed by atoms with Crippen LogP contribution in [0.1, 0.15) is 12.8 Å². The van der Waals surface area contributed by atoms with Crippen molar-refractivity contribution in [1.29, 1.82) is 0 Å². The van der Waals surface area contributed by atoms with Gasteiger partial charge in [-0.1, -0.05) is 34.8 Å². The Morgan fingerprint density at radius 3 is 2.36 bits per heavy atom. The molecule has 0 unspecified atom stereocenters. The second kappa shape index (κ2) is 8.28. The summed E-state index contributed by atoms with van der Waals surface area (Å²) in [4.78, 5) is 11.8. The summed E-state index contributed by atoms with van der Waals surface area (Å²) in [5, 5.41) is 4.43. The van der Waals surface area contributed by atoms with E-state index in [9.17, 15) is 4.79 Å². The van der Waals surface area contributed by atoms with Crippen molar-refractivity contribution in [2.45, 2.75) is 12.8 Å². The molecule has 0 aromatic heterocycles. The van der Waals surface area contributed by atoms with Crippen LogP contribution in [0.25, 0.3) is 0 Å². The molecule has 0 spiro atoms. The molecule has 116 valence electrons. The molecule has 0 aliphatic rings. The summed E-state index contributed by atoms with van der Waals surface area (Å²) >= 11 is 17.6. The summed E-state index contributed by atoms with van der Waals surface area (Å²) < 4.78 is 5.52. The van der Waals surface area contributed by atoms with E-state index < -0.39 is 0 Å². The lowest BCUT2D eigenvalue weighted by Crippen LogP contribution is -2.12. The summed E-state index contributed by atoms with van der Waals surface area (Å²) in [6.07, 6.45) is 0.937. The van der Waals surface area contributed by atoms with Gasteiger partial charge in [-0.2, -0.15) is 0 Å². The van der Waals surface area contributed by atoms with E-state index in [0.717, 1.165) is 5.69 Å². The molecule has 0 saturated carbocycles. The van der Waals surface area contributed by atoms with Crippen molar-refractivity contribution in [3.05, 3.63) is 57.5 Å². The lowest BCUT2D eigenvalue weighted by Gasteiger charge is -2.08. The lowest BCUT2D eigenvalue weighted by molar-refractivity contribution is -0.116. The number of hydrogen-bond acceptors (Lipinski definition) is 2. The van der Waals surface area contributed by atoms with Gasteiger partial charge in [-0.15, -0.1) is 0 Å². The van der Waals surface area contributed by atoms with E-state index in [4.69, 9.17) is 39.5 Å². The third-order valence-electron chi connectivity index (χ3n) is 2.83. The molecule has 1 amide bonds. The molecule has 2 aromatic rings. The largest absolute Gasteiger partial charge is 0.492 e. The fourth-order valence-corrected chi connectivity index (χ4v) is 2.35. The molecular weight excluding hydrogens is 345 g/mol. The highest BCUT2D eigenvalue weighted by Crippen LogP contribution is 2.27. The number of benzene rings is 2. The highest BCUT2D eigenvalue weighted by atomic mass is 35.5. The summed E-state index contributed by atoms with van der Waals surface area (Å²) in [7, 11) is 0. The average Bonchev–Trinajstić information content (AvgIpc) is 2.48. The van der Waals surface area contributed by atoms with Gasteiger partial charge in [-0.25, -0.2) is 0 Å². The smallest absolute Gasteiger partial charge is 0.224 e. The quantitative estimate of drug-likeness (QED) is 0.698. The number of nitrogens with one attached hydrogen (secondary N) is 1. The van der Waals surface area contributed by atoms with Gasteiger partial charge >= 0.3 is 0 Å². The zero-order valence-electron chi connectivity index (χ0n) is 11.6. The predicted molar refractivity (Wildman–Crippen MR) is 91.3 cm³/mol. The molecule has 0 bridgehead atoms. The van der Waals surface area contributed by atoms with Crippen LogP contribution in [0.2, 0.25) is 15.1 Å². The molecule has 0 atom stereocenters. The molecular formula is C16H14Cl3NO2. The van der Waals surface area contributed by atoms with Crippen LogP contribution in [0.5, 0.6) is 5.75 Å². The fraction of sp³-hybridized carbons (Fsp3) is 0.188. The number of carbonyl (C=O) groups is 1. The highest BCUT2D eigenvalue weighted by molar-refractivity contribution is 6.35. The van der Waals surface area contributed by atoms with Crippen molar-refractivity contribution in [3.63, 3.8) is 0 Å². The van der Waals surface area contributed by atoms with Crippen molar-refractivity contribution < 1.29 is 9.53 Å². The Morgan fingerprint density at radius 1 is 1.00 bits per heavy atom. The number of amides is 1. The van der Waals surface area contributed by atoms with Crippen LogP contribution in [0.15, 0.2) is 42.5 Å². The second-order valence-electron chi connectivity index (χ2n) is 4.58. The molecule has 0 aliphatic heterocycles. The molecule has 0 radical (unpaired) electrons. The Hall–Kier alpha value is -1.42. The Labute approximate surface area is 144 Å². The van der Waals surface area contributed by atoms with Gasteiger partial charge in [0, 0.05) is 22.2 Å². The molecule has 6 heteroatoms. The zero-order chi connectivity index (χ0) is 15.9. The van der Waals surface area contributed by atoms with Crippen molar-refractivity contribution in [2.24, 2.45) is 0 Å². The van der Waals surface area contributed by atoms with Gasteiger partial charge in [0.1, 0.15) is 5.75 Å². The summed E-state index contributed by atoms with van der Waals surface area (Å²) in [5.41, 5.74) is 0.719. The Kier molecular flexibility index (Phi) is 6.37. The van der Waals surface area contributed by atoms with Crippen molar-refractivity contribution in [3.8, 4) is 5.75 Å². The first-order valence-electron chi connectivity index (χ1n) is 6.68. The van der Waals surface area contributed by atoms with Crippen LogP contribution in [-0.4, -0.2) is 12.5 Å². The van der Waals surface area contributed by atoms with E-state index in [2.05, 4.69) is 5.32 Å². The van der Waals surface area contributed by atoms with Crippen LogP contribution < -0.4 is 10.1 Å². The van der Waals surface area contributed by atoms with Gasteiger partial charge in [0.2, 0.25) is 5.91 Å². The van der Waals surface area contributed by atoms with Gasteiger partial charge in [0.25, 0.3) is 0 Å². The van der Waals surface area contributed by atoms with Crippen LogP contribution in [0.3, 0.4) is 0 Å². The highest BCUT2D eigenvalue weighted by Gasteiger charge is 2.05. The van der Waals surface area contributed by atoms with Gasteiger partial charge in [0.05, 0.1) is 11.6 Å². The maximum absolute atomic E-state index is 11.8. The van der Waals surface area contributed by atoms with E-state index in [1.807, 2.05) is 0 Å². The molecule has 22 heavy (non-hydrogen) atoms. The molecule has 2 rings (SSSR count). The fourth-order valence-electron chi connectivity index (χ4n) is 1.76. The van der Waals surface area contributed by atoms with Gasteiger partial charge in [-0.3, -0.25) is 4.79 Å². The number of rotatable bonds is 6. The minimum absolute atomic E-state index is 0.0758. The monoisotopic (exact) mass is 357 g/mol. The van der Waals surface area contributed by atoms with Crippen LogP contribution in [0.4, 0.5) is 5.69 Å². The van der Waals surface area contributed by atoms with Crippen LogP contribution in [0, 0.1) is 0 Å². The molecule has 0 fully saturated rings. The standard InChI is InChI=1S/C16H14Cl3NO2/c17-11-3-6-13(7-4-11)20-16(21)2-1-9-22-15-8-5-12(18)10-14(15)19/h3-8,10H,1-2,9H2,(H,20,21). The van der Waals surface area contributed by atoms with E-state index in [1.165, 1.54) is 0 Å². The predicted octanol–water partition coefficient (Wildman–Crippen LogP) is 5.44. The van der Waals surface area contributed by atoms with Crippen LogP contribution >= 0.6 is 34.8 Å². The molecule has 2 aromatic carbocycles. The number of ether oxygens (including phenoxy) is 1. The first-order chi connectivity index (χ1) is 10.5. The number of hydrogen-bond donors (Lipinski definition) is 1. The van der Waals surface area contributed by atoms with Gasteiger partial charge in [0.15, 0.2) is 0 Å². The first kappa shape index (κ1) is 16.9. The molecule has 0 aliphatic carbocycles. The van der Waals surface area contributed by atoms with E-state index in [1.54, 1.807) is 42.5 Å². The van der Waals surface area contributed by atoms with Crippen molar-refractivity contribution in [1.82, 2.24) is 0 Å². The molecule has 3 nitrogen and oxygen atoms in total. The normalized spacial score (nSPS) is 10.3. The van der Waals surface area contributed by atoms with Gasteiger partial charge < -0.3 is 10.1 Å². The maximum atomic E-state index is 11.8. The number of halogens is 3. The minimum atomic E-state index is -0.0758. The summed E-state index contributed by atoms with van der Waals surface area (Å²) in [6.45, 7) is 0.398. The van der Waals surface area contributed by atoms with E-state index in [0.29, 0.717) is 40.3 Å². The van der Waals surface area contributed by atoms with E-state index in [-0.39, 0.29) is 5.91 Å². The van der Waals surface area contributed by atoms with E-state index >= 15 is 0 Å².